The van der Waals surface area contributed by atoms with E-state index in [1.54, 1.807) is 0 Å². The third-order valence-electron chi connectivity index (χ3n) is 4.40. The largest absolute Gasteiger partial charge is 0.441 e. The van der Waals surface area contributed by atoms with Gasteiger partial charge in [0.05, 0.1) is 0 Å². The smallest absolute Gasteiger partial charge is 0.249 e. The van der Waals surface area contributed by atoms with Gasteiger partial charge in [-0.15, -0.1) is 0 Å². The van der Waals surface area contributed by atoms with E-state index < -0.39 is 0 Å². The van der Waals surface area contributed by atoms with Gasteiger partial charge in [-0.1, -0.05) is 18.2 Å². The molecule has 1 aliphatic rings. The van der Waals surface area contributed by atoms with Gasteiger partial charge in [-0.3, -0.25) is 4.79 Å². The number of rotatable bonds is 3. The summed E-state index contributed by atoms with van der Waals surface area (Å²) >= 11 is 0. The van der Waals surface area contributed by atoms with Crippen LogP contribution in [0.3, 0.4) is 0 Å². The molecule has 1 unspecified atom stereocenters. The zero-order valence-corrected chi connectivity index (χ0v) is 13.7. The standard InChI is InChI=1S/C19H19N3O2/c1-12(19(23)22-10-9-14-5-3-4-6-17(14)22)20-15-7-8-18-16(11-15)21-13(2)24-18/h3-8,11-12,20H,9-10H2,1-2H3. The molecule has 0 radical (unpaired) electrons. The van der Waals surface area contributed by atoms with Crippen LogP contribution in [0.15, 0.2) is 46.9 Å². The lowest BCUT2D eigenvalue weighted by molar-refractivity contribution is -0.118. The second kappa shape index (κ2) is 5.67. The molecule has 4 rings (SSSR count). The molecule has 0 bridgehead atoms. The van der Waals surface area contributed by atoms with Gasteiger partial charge in [0.15, 0.2) is 11.5 Å². The van der Waals surface area contributed by atoms with Crippen molar-refractivity contribution in [1.82, 2.24) is 4.98 Å². The Morgan fingerprint density at radius 2 is 2.12 bits per heavy atom. The van der Waals surface area contributed by atoms with Crippen LogP contribution < -0.4 is 10.2 Å². The van der Waals surface area contributed by atoms with E-state index in [0.29, 0.717) is 5.89 Å². The van der Waals surface area contributed by atoms with Gasteiger partial charge in [-0.2, -0.15) is 0 Å². The molecule has 24 heavy (non-hydrogen) atoms. The lowest BCUT2D eigenvalue weighted by atomic mass is 10.2. The van der Waals surface area contributed by atoms with Crippen molar-refractivity contribution in [2.75, 3.05) is 16.8 Å². The predicted molar refractivity (Wildman–Crippen MR) is 94.3 cm³/mol. The number of para-hydroxylation sites is 1. The van der Waals surface area contributed by atoms with E-state index in [4.69, 9.17) is 4.42 Å². The molecule has 5 nitrogen and oxygen atoms in total. The highest BCUT2D eigenvalue weighted by atomic mass is 16.3. The molecule has 1 aromatic heterocycles. The van der Waals surface area contributed by atoms with Crippen LogP contribution in [0.25, 0.3) is 11.1 Å². The maximum absolute atomic E-state index is 12.8. The van der Waals surface area contributed by atoms with Crippen molar-refractivity contribution in [2.45, 2.75) is 26.3 Å². The van der Waals surface area contributed by atoms with Crippen LogP contribution in [0, 0.1) is 6.92 Å². The highest BCUT2D eigenvalue weighted by Gasteiger charge is 2.27. The molecule has 122 valence electrons. The molecule has 5 heteroatoms. The molecule has 2 heterocycles. The molecule has 0 saturated heterocycles. The van der Waals surface area contributed by atoms with Crippen molar-refractivity contribution in [2.24, 2.45) is 0 Å². The van der Waals surface area contributed by atoms with Crippen molar-refractivity contribution < 1.29 is 9.21 Å². The summed E-state index contributed by atoms with van der Waals surface area (Å²) in [5.41, 5.74) is 4.68. The van der Waals surface area contributed by atoms with Gasteiger partial charge in [0, 0.05) is 24.8 Å². The topological polar surface area (TPSA) is 58.4 Å². The molecule has 0 fully saturated rings. The number of hydrogen-bond acceptors (Lipinski definition) is 4. The van der Waals surface area contributed by atoms with Gasteiger partial charge in [0.1, 0.15) is 11.6 Å². The molecule has 3 aromatic rings. The molecule has 0 aliphatic carbocycles. The fourth-order valence-corrected chi connectivity index (χ4v) is 3.25. The Morgan fingerprint density at radius 1 is 1.29 bits per heavy atom. The number of benzene rings is 2. The Hall–Kier alpha value is -2.82. The summed E-state index contributed by atoms with van der Waals surface area (Å²) in [6, 6.07) is 13.5. The van der Waals surface area contributed by atoms with Crippen LogP contribution in [0.4, 0.5) is 11.4 Å². The molecule has 1 N–H and O–H groups in total. The zero-order valence-electron chi connectivity index (χ0n) is 13.7. The van der Waals surface area contributed by atoms with E-state index in [1.165, 1.54) is 5.56 Å². The van der Waals surface area contributed by atoms with Crippen LogP contribution in [0.5, 0.6) is 0 Å². The van der Waals surface area contributed by atoms with Crippen LogP contribution in [-0.2, 0) is 11.2 Å². The van der Waals surface area contributed by atoms with Crippen LogP contribution in [0.2, 0.25) is 0 Å². The summed E-state index contributed by atoms with van der Waals surface area (Å²) in [5, 5.41) is 3.28. The maximum atomic E-state index is 12.8. The minimum Gasteiger partial charge on any atom is -0.441 e. The fraction of sp³-hybridized carbons (Fsp3) is 0.263. The second-order valence-corrected chi connectivity index (χ2v) is 6.15. The van der Waals surface area contributed by atoms with Gasteiger partial charge >= 0.3 is 0 Å². The first-order valence-electron chi connectivity index (χ1n) is 8.15. The molecule has 1 atom stereocenters. The number of carbonyl (C=O) groups excluding carboxylic acids is 1. The average Bonchev–Trinajstić information content (AvgIpc) is 3.16. The molecule has 0 saturated carbocycles. The number of anilines is 2. The monoisotopic (exact) mass is 321 g/mol. The van der Waals surface area contributed by atoms with Gasteiger partial charge in [-0.25, -0.2) is 4.98 Å². The van der Waals surface area contributed by atoms with Crippen LogP contribution in [-0.4, -0.2) is 23.5 Å². The molecule has 1 aliphatic heterocycles. The molecular weight excluding hydrogens is 302 g/mol. The number of aromatic nitrogens is 1. The Bertz CT molecular complexity index is 916. The van der Waals surface area contributed by atoms with Crippen molar-refractivity contribution in [3.05, 3.63) is 53.9 Å². The predicted octanol–water partition coefficient (Wildman–Crippen LogP) is 3.53. The summed E-state index contributed by atoms with van der Waals surface area (Å²) in [7, 11) is 0. The number of carbonyl (C=O) groups is 1. The van der Waals surface area contributed by atoms with E-state index >= 15 is 0 Å². The van der Waals surface area contributed by atoms with Crippen molar-refractivity contribution in [1.29, 1.82) is 0 Å². The van der Waals surface area contributed by atoms with E-state index in [0.717, 1.165) is 35.4 Å². The first-order valence-corrected chi connectivity index (χ1v) is 8.15. The number of aryl methyl sites for hydroxylation is 1. The number of fused-ring (bicyclic) bond motifs is 2. The van der Waals surface area contributed by atoms with E-state index in [2.05, 4.69) is 16.4 Å². The van der Waals surface area contributed by atoms with Crippen LogP contribution in [0.1, 0.15) is 18.4 Å². The van der Waals surface area contributed by atoms with Crippen molar-refractivity contribution >= 4 is 28.4 Å². The summed E-state index contributed by atoms with van der Waals surface area (Å²) in [6.45, 7) is 4.46. The van der Waals surface area contributed by atoms with E-state index in [9.17, 15) is 4.79 Å². The maximum Gasteiger partial charge on any atom is 0.249 e. The first kappa shape index (κ1) is 14.8. The summed E-state index contributed by atoms with van der Waals surface area (Å²) in [4.78, 5) is 19.0. The second-order valence-electron chi connectivity index (χ2n) is 6.15. The number of amides is 1. The van der Waals surface area contributed by atoms with Crippen molar-refractivity contribution in [3.8, 4) is 0 Å². The number of oxazole rings is 1. The molecular formula is C19H19N3O2. The average molecular weight is 321 g/mol. The molecule has 0 spiro atoms. The SMILES string of the molecule is Cc1nc2cc(NC(C)C(=O)N3CCc4ccccc43)ccc2o1. The van der Waals surface area contributed by atoms with E-state index in [1.807, 2.05) is 55.1 Å². The Kier molecular flexibility index (Phi) is 3.49. The van der Waals surface area contributed by atoms with E-state index in [-0.39, 0.29) is 11.9 Å². The Morgan fingerprint density at radius 3 is 3.00 bits per heavy atom. The highest BCUT2D eigenvalue weighted by molar-refractivity contribution is 6.00. The fourth-order valence-electron chi connectivity index (χ4n) is 3.25. The minimum absolute atomic E-state index is 0.0800. The highest BCUT2D eigenvalue weighted by Crippen LogP contribution is 2.28. The molecule has 2 aromatic carbocycles. The number of nitrogens with one attached hydrogen (secondary N) is 1. The van der Waals surface area contributed by atoms with Crippen molar-refractivity contribution in [3.63, 3.8) is 0 Å². The quantitative estimate of drug-likeness (QED) is 0.802. The lowest BCUT2D eigenvalue weighted by Crippen LogP contribution is -2.40. The third kappa shape index (κ3) is 2.52. The summed E-state index contributed by atoms with van der Waals surface area (Å²) in [6.07, 6.45) is 0.915. The third-order valence-corrected chi connectivity index (χ3v) is 4.40. The Balaban J connectivity index is 1.53. The van der Waals surface area contributed by atoms with Crippen LogP contribution >= 0.6 is 0 Å². The van der Waals surface area contributed by atoms with Gasteiger partial charge < -0.3 is 14.6 Å². The number of hydrogen-bond donors (Lipinski definition) is 1. The minimum atomic E-state index is -0.318. The first-order chi connectivity index (χ1) is 11.6. The van der Waals surface area contributed by atoms with Gasteiger partial charge in [-0.05, 0) is 43.2 Å². The van der Waals surface area contributed by atoms with Gasteiger partial charge in [0.25, 0.3) is 0 Å². The molecule has 1 amide bonds. The summed E-state index contributed by atoms with van der Waals surface area (Å²) < 4.78 is 5.48. The normalized spacial score (nSPS) is 14.7. The lowest BCUT2D eigenvalue weighted by Gasteiger charge is -2.23. The summed E-state index contributed by atoms with van der Waals surface area (Å²) in [5.74, 6) is 0.719. The number of nitrogens with zero attached hydrogens (tertiary/aromatic N) is 2. The Labute approximate surface area is 140 Å². The zero-order chi connectivity index (χ0) is 16.7. The van der Waals surface area contributed by atoms with Gasteiger partial charge in [0.2, 0.25) is 5.91 Å².